The Morgan fingerprint density at radius 3 is 2.83 bits per heavy atom. The van der Waals surface area contributed by atoms with Gasteiger partial charge in [0.05, 0.1) is 0 Å². The van der Waals surface area contributed by atoms with Gasteiger partial charge in [0.2, 0.25) is 11.8 Å². The van der Waals surface area contributed by atoms with Crippen molar-refractivity contribution in [2.45, 2.75) is 52.2 Å². The molecular formula is C22H30N4O3. The van der Waals surface area contributed by atoms with Crippen molar-refractivity contribution in [3.05, 3.63) is 34.9 Å². The molecule has 156 valence electrons. The van der Waals surface area contributed by atoms with Crippen molar-refractivity contribution < 1.29 is 14.4 Å². The number of imide groups is 1. The zero-order valence-electron chi connectivity index (χ0n) is 17.2. The minimum absolute atomic E-state index is 0.116. The molecule has 7 heteroatoms. The minimum atomic E-state index is -0.566. The number of hydrogen-bond acceptors (Lipinski definition) is 5. The lowest BCUT2D eigenvalue weighted by Crippen LogP contribution is -2.52. The second-order valence-corrected chi connectivity index (χ2v) is 9.34. The van der Waals surface area contributed by atoms with Gasteiger partial charge in [0.15, 0.2) is 0 Å². The van der Waals surface area contributed by atoms with Crippen LogP contribution >= 0.6 is 0 Å². The van der Waals surface area contributed by atoms with E-state index in [1.807, 2.05) is 12.1 Å². The zero-order valence-corrected chi connectivity index (χ0v) is 17.2. The van der Waals surface area contributed by atoms with Crippen LogP contribution in [0.15, 0.2) is 18.2 Å². The highest BCUT2D eigenvalue weighted by molar-refractivity contribution is 6.05. The Labute approximate surface area is 171 Å². The number of nitrogens with one attached hydrogen (secondary N) is 3. The summed E-state index contributed by atoms with van der Waals surface area (Å²) in [4.78, 5) is 38.2. The second-order valence-electron chi connectivity index (χ2n) is 9.34. The van der Waals surface area contributed by atoms with Crippen LogP contribution in [0.5, 0.6) is 0 Å². The first-order chi connectivity index (χ1) is 13.8. The molecule has 2 fully saturated rings. The van der Waals surface area contributed by atoms with Crippen molar-refractivity contribution in [1.29, 1.82) is 0 Å². The third kappa shape index (κ3) is 4.21. The molecule has 1 aromatic rings. The fourth-order valence-corrected chi connectivity index (χ4v) is 4.91. The molecule has 3 heterocycles. The van der Waals surface area contributed by atoms with Crippen molar-refractivity contribution in [2.24, 2.45) is 11.3 Å². The number of hydrogen-bond donors (Lipinski definition) is 3. The predicted octanol–water partition coefficient (Wildman–Crippen LogP) is 1.17. The van der Waals surface area contributed by atoms with Crippen molar-refractivity contribution >= 4 is 17.7 Å². The molecule has 29 heavy (non-hydrogen) atoms. The summed E-state index contributed by atoms with van der Waals surface area (Å²) in [5.41, 5.74) is 3.10. The highest BCUT2D eigenvalue weighted by Crippen LogP contribution is 2.30. The molecule has 0 saturated carbocycles. The molecule has 0 bridgehead atoms. The van der Waals surface area contributed by atoms with Crippen LogP contribution in [-0.4, -0.2) is 48.3 Å². The second kappa shape index (κ2) is 7.88. The molecule has 0 radical (unpaired) electrons. The highest BCUT2D eigenvalue weighted by atomic mass is 16.2. The Bertz CT molecular complexity index is 835. The maximum Gasteiger partial charge on any atom is 0.255 e. The van der Waals surface area contributed by atoms with Gasteiger partial charge < -0.3 is 15.5 Å². The molecular weight excluding hydrogens is 368 g/mol. The van der Waals surface area contributed by atoms with Gasteiger partial charge in [-0.05, 0) is 54.5 Å². The van der Waals surface area contributed by atoms with E-state index in [2.05, 4.69) is 35.9 Å². The van der Waals surface area contributed by atoms with Crippen LogP contribution in [0.4, 0.5) is 0 Å². The lowest BCUT2D eigenvalue weighted by Gasteiger charge is -2.36. The minimum Gasteiger partial charge on any atom is -0.322 e. The van der Waals surface area contributed by atoms with Gasteiger partial charge in [-0.15, -0.1) is 0 Å². The average Bonchev–Trinajstić information content (AvgIpc) is 2.99. The lowest BCUT2D eigenvalue weighted by molar-refractivity contribution is -0.136. The Kier molecular flexibility index (Phi) is 5.44. The standard InChI is InChI=1S/C22H30N4O3/c1-22(2)8-14(10-24-13-22)9-23-11-15-4-3-5-16-17(15)12-26(21(16)29)18-6-7-19(27)25-20(18)28/h3-5,14,18,23-24H,6-13H2,1-2H3,(H,25,27,28). The van der Waals surface area contributed by atoms with Gasteiger partial charge in [-0.3, -0.25) is 19.7 Å². The molecule has 2 unspecified atom stereocenters. The van der Waals surface area contributed by atoms with Crippen molar-refractivity contribution in [3.8, 4) is 0 Å². The Morgan fingerprint density at radius 2 is 2.07 bits per heavy atom. The monoisotopic (exact) mass is 398 g/mol. The maximum atomic E-state index is 12.9. The molecule has 3 N–H and O–H groups in total. The molecule has 1 aromatic carbocycles. The number of piperidine rings is 2. The van der Waals surface area contributed by atoms with E-state index in [4.69, 9.17) is 0 Å². The maximum absolute atomic E-state index is 12.9. The van der Waals surface area contributed by atoms with Crippen molar-refractivity contribution in [3.63, 3.8) is 0 Å². The zero-order chi connectivity index (χ0) is 20.6. The normalized spacial score (nSPS) is 26.4. The molecule has 2 atom stereocenters. The van der Waals surface area contributed by atoms with E-state index in [0.29, 0.717) is 36.4 Å². The summed E-state index contributed by atoms with van der Waals surface area (Å²) in [6.45, 7) is 8.76. The van der Waals surface area contributed by atoms with Gasteiger partial charge in [0, 0.05) is 31.6 Å². The lowest BCUT2D eigenvalue weighted by atomic mass is 9.79. The molecule has 3 aliphatic heterocycles. The van der Waals surface area contributed by atoms with E-state index in [0.717, 1.165) is 30.8 Å². The summed E-state index contributed by atoms with van der Waals surface area (Å²) in [7, 11) is 0. The first-order valence-corrected chi connectivity index (χ1v) is 10.5. The summed E-state index contributed by atoms with van der Waals surface area (Å²) in [5.74, 6) is -0.151. The van der Waals surface area contributed by atoms with E-state index >= 15 is 0 Å². The van der Waals surface area contributed by atoms with Gasteiger partial charge >= 0.3 is 0 Å². The number of carbonyl (C=O) groups is 3. The molecule has 4 rings (SSSR count). The van der Waals surface area contributed by atoms with Crippen molar-refractivity contribution in [1.82, 2.24) is 20.9 Å². The molecule has 0 spiro atoms. The SMILES string of the molecule is CC1(C)CNCC(CNCc2cccc3c2CN(C2CCC(=O)NC2=O)C3=O)C1. The van der Waals surface area contributed by atoms with Crippen molar-refractivity contribution in [2.75, 3.05) is 19.6 Å². The van der Waals surface area contributed by atoms with Gasteiger partial charge in [-0.2, -0.15) is 0 Å². The third-order valence-corrected chi connectivity index (χ3v) is 6.31. The van der Waals surface area contributed by atoms with Gasteiger partial charge in [-0.1, -0.05) is 26.0 Å². The Hall–Kier alpha value is -2.25. The first-order valence-electron chi connectivity index (χ1n) is 10.5. The third-order valence-electron chi connectivity index (χ3n) is 6.31. The van der Waals surface area contributed by atoms with Crippen LogP contribution in [0.1, 0.15) is 54.6 Å². The fourth-order valence-electron chi connectivity index (χ4n) is 4.91. The van der Waals surface area contributed by atoms with Crippen LogP contribution in [0.25, 0.3) is 0 Å². The number of carbonyl (C=O) groups excluding carboxylic acids is 3. The topological polar surface area (TPSA) is 90.5 Å². The number of benzene rings is 1. The van der Waals surface area contributed by atoms with Gasteiger partial charge in [0.25, 0.3) is 5.91 Å². The highest BCUT2D eigenvalue weighted by Gasteiger charge is 2.39. The predicted molar refractivity (Wildman–Crippen MR) is 109 cm³/mol. The summed E-state index contributed by atoms with van der Waals surface area (Å²) in [6, 6.07) is 5.23. The van der Waals surface area contributed by atoms with E-state index in [1.54, 1.807) is 4.90 Å². The van der Waals surface area contributed by atoms with E-state index in [-0.39, 0.29) is 24.1 Å². The van der Waals surface area contributed by atoms with Crippen LogP contribution in [0.2, 0.25) is 0 Å². The number of rotatable bonds is 5. The van der Waals surface area contributed by atoms with Crippen LogP contribution in [0.3, 0.4) is 0 Å². The van der Waals surface area contributed by atoms with E-state index in [1.165, 1.54) is 6.42 Å². The Balaban J connectivity index is 1.40. The van der Waals surface area contributed by atoms with E-state index in [9.17, 15) is 14.4 Å². The summed E-state index contributed by atoms with van der Waals surface area (Å²) < 4.78 is 0. The molecule has 0 aromatic heterocycles. The summed E-state index contributed by atoms with van der Waals surface area (Å²) in [5, 5.41) is 9.44. The molecule has 2 saturated heterocycles. The van der Waals surface area contributed by atoms with Gasteiger partial charge in [0.1, 0.15) is 6.04 Å². The smallest absolute Gasteiger partial charge is 0.255 e. The quantitative estimate of drug-likeness (QED) is 0.648. The average molecular weight is 399 g/mol. The summed E-state index contributed by atoms with van der Waals surface area (Å²) >= 11 is 0. The number of nitrogens with zero attached hydrogens (tertiary/aromatic N) is 1. The fraction of sp³-hybridized carbons (Fsp3) is 0.591. The van der Waals surface area contributed by atoms with Gasteiger partial charge in [-0.25, -0.2) is 0 Å². The van der Waals surface area contributed by atoms with Crippen LogP contribution < -0.4 is 16.0 Å². The molecule has 3 amide bonds. The number of amides is 3. The molecule has 0 aliphatic carbocycles. The number of fused-ring (bicyclic) bond motifs is 1. The molecule has 3 aliphatic rings. The molecule has 7 nitrogen and oxygen atoms in total. The summed E-state index contributed by atoms with van der Waals surface area (Å²) in [6.07, 6.45) is 1.86. The Morgan fingerprint density at radius 1 is 1.24 bits per heavy atom. The van der Waals surface area contributed by atoms with Crippen LogP contribution in [-0.2, 0) is 22.7 Å². The largest absolute Gasteiger partial charge is 0.322 e. The van der Waals surface area contributed by atoms with E-state index < -0.39 is 6.04 Å². The first kappa shape index (κ1) is 20.0. The van der Waals surface area contributed by atoms with Crippen LogP contribution in [0, 0.1) is 11.3 Å².